The molecule has 0 saturated heterocycles. The largest absolute Gasteiger partial charge is 0.507 e. The summed E-state index contributed by atoms with van der Waals surface area (Å²) in [6.07, 6.45) is 7.23. The average molecular weight is 324 g/mol. The van der Waals surface area contributed by atoms with Crippen LogP contribution in [0.2, 0.25) is 0 Å². The van der Waals surface area contributed by atoms with Gasteiger partial charge in [0.2, 0.25) is 0 Å². The summed E-state index contributed by atoms with van der Waals surface area (Å²) in [4.78, 5) is 0. The van der Waals surface area contributed by atoms with Crippen LogP contribution in [-0.4, -0.2) is 5.11 Å². The second-order valence-corrected chi connectivity index (χ2v) is 6.28. The van der Waals surface area contributed by atoms with Crippen molar-refractivity contribution in [1.29, 1.82) is 0 Å². The highest BCUT2D eigenvalue weighted by Gasteiger charge is 2.27. The third kappa shape index (κ3) is 2.11. The van der Waals surface area contributed by atoms with E-state index in [-0.39, 0.29) is 5.75 Å². The van der Waals surface area contributed by atoms with Crippen molar-refractivity contribution in [2.75, 3.05) is 0 Å². The molecule has 0 atom stereocenters. The highest BCUT2D eigenvalue weighted by molar-refractivity contribution is 6.02. The van der Waals surface area contributed by atoms with Gasteiger partial charge in [-0.2, -0.15) is 0 Å². The summed E-state index contributed by atoms with van der Waals surface area (Å²) in [7, 11) is 0. The molecule has 0 radical (unpaired) electrons. The van der Waals surface area contributed by atoms with Gasteiger partial charge < -0.3 is 9.84 Å². The molecule has 1 aliphatic heterocycles. The van der Waals surface area contributed by atoms with Crippen molar-refractivity contribution >= 4 is 16.3 Å². The molecule has 120 valence electrons. The van der Waals surface area contributed by atoms with Gasteiger partial charge in [0.05, 0.1) is 5.39 Å². The number of hydrogen-bond acceptors (Lipinski definition) is 2. The second kappa shape index (κ2) is 5.38. The smallest absolute Gasteiger partial charge is 0.146 e. The first kappa shape index (κ1) is 14.1. The molecule has 1 N–H and O–H groups in total. The fourth-order valence-corrected chi connectivity index (χ4v) is 3.66. The Hall–Kier alpha value is -3.26. The van der Waals surface area contributed by atoms with E-state index in [4.69, 9.17) is 4.74 Å². The molecular formula is C23H16O2. The summed E-state index contributed by atoms with van der Waals surface area (Å²) in [5.74, 6) is 1.85. The third-order valence-corrected chi connectivity index (χ3v) is 4.78. The molecule has 0 saturated carbocycles. The molecule has 25 heavy (non-hydrogen) atoms. The molecule has 3 aromatic rings. The van der Waals surface area contributed by atoms with Crippen molar-refractivity contribution in [2.45, 2.75) is 6.42 Å². The number of hydrogen-bond donors (Lipinski definition) is 1. The molecular weight excluding hydrogens is 308 g/mol. The van der Waals surface area contributed by atoms with E-state index >= 15 is 0 Å². The Morgan fingerprint density at radius 1 is 0.880 bits per heavy atom. The van der Waals surface area contributed by atoms with Crippen LogP contribution in [0.3, 0.4) is 0 Å². The summed E-state index contributed by atoms with van der Waals surface area (Å²) in [6.45, 7) is 0. The maximum absolute atomic E-state index is 10.5. The Kier molecular flexibility index (Phi) is 3.04. The average Bonchev–Trinajstić information content (AvgIpc) is 2.66. The summed E-state index contributed by atoms with van der Waals surface area (Å²) in [5, 5.41) is 12.2. The summed E-state index contributed by atoms with van der Waals surface area (Å²) in [5.41, 5.74) is 4.40. The second-order valence-electron chi connectivity index (χ2n) is 6.28. The zero-order chi connectivity index (χ0) is 16.8. The van der Waals surface area contributed by atoms with Gasteiger partial charge in [0.1, 0.15) is 17.3 Å². The third-order valence-electron chi connectivity index (χ3n) is 4.78. The van der Waals surface area contributed by atoms with Gasteiger partial charge in [-0.3, -0.25) is 0 Å². The fourth-order valence-electron chi connectivity index (χ4n) is 3.66. The minimum Gasteiger partial charge on any atom is -0.507 e. The summed E-state index contributed by atoms with van der Waals surface area (Å²) < 4.78 is 6.27. The first-order valence-electron chi connectivity index (χ1n) is 8.42. The van der Waals surface area contributed by atoms with Crippen molar-refractivity contribution in [3.05, 3.63) is 101 Å². The number of fused-ring (bicyclic) bond motifs is 4. The molecule has 3 aromatic carbocycles. The van der Waals surface area contributed by atoms with Crippen molar-refractivity contribution in [3.8, 4) is 11.5 Å². The quantitative estimate of drug-likeness (QED) is 0.633. The molecule has 2 aliphatic rings. The van der Waals surface area contributed by atoms with E-state index in [1.165, 1.54) is 0 Å². The molecule has 1 aliphatic carbocycles. The lowest BCUT2D eigenvalue weighted by Crippen LogP contribution is -2.11. The van der Waals surface area contributed by atoms with E-state index < -0.39 is 0 Å². The first-order valence-corrected chi connectivity index (χ1v) is 8.42. The first-order chi connectivity index (χ1) is 12.3. The lowest BCUT2D eigenvalue weighted by Gasteiger charge is -2.27. The standard InChI is InChI=1S/C23H16O2/c24-19-11-6-9-16-13-14-18-21(15-7-2-1-3-8-15)17-10-4-5-12-20(17)25-23(18)22(16)19/h1-4,6-14,24H,5H2. The Morgan fingerprint density at radius 2 is 1.76 bits per heavy atom. The van der Waals surface area contributed by atoms with Crippen molar-refractivity contribution in [2.24, 2.45) is 0 Å². The molecule has 2 nitrogen and oxygen atoms in total. The van der Waals surface area contributed by atoms with Crippen molar-refractivity contribution in [1.82, 2.24) is 0 Å². The summed E-state index contributed by atoms with van der Waals surface area (Å²) in [6, 6.07) is 20.0. The van der Waals surface area contributed by atoms with Gasteiger partial charge in [-0.15, -0.1) is 0 Å². The fraction of sp³-hybridized carbons (Fsp3) is 0.0435. The van der Waals surface area contributed by atoms with Gasteiger partial charge in [0.25, 0.3) is 0 Å². The van der Waals surface area contributed by atoms with Gasteiger partial charge in [-0.25, -0.2) is 0 Å². The monoisotopic (exact) mass is 324 g/mol. The van der Waals surface area contributed by atoms with E-state index in [9.17, 15) is 5.11 Å². The van der Waals surface area contributed by atoms with E-state index in [2.05, 4.69) is 36.4 Å². The van der Waals surface area contributed by atoms with E-state index in [0.717, 1.165) is 51.0 Å². The van der Waals surface area contributed by atoms with Crippen LogP contribution >= 0.6 is 0 Å². The van der Waals surface area contributed by atoms with Crippen LogP contribution in [0.4, 0.5) is 0 Å². The lowest BCUT2D eigenvalue weighted by atomic mass is 9.86. The van der Waals surface area contributed by atoms with Gasteiger partial charge in [-0.1, -0.05) is 60.7 Å². The van der Waals surface area contributed by atoms with Crippen molar-refractivity contribution in [3.63, 3.8) is 0 Å². The van der Waals surface area contributed by atoms with Gasteiger partial charge in [0, 0.05) is 16.7 Å². The predicted molar refractivity (Wildman–Crippen MR) is 101 cm³/mol. The minimum atomic E-state index is 0.247. The highest BCUT2D eigenvalue weighted by atomic mass is 16.5. The van der Waals surface area contributed by atoms with E-state index in [1.807, 2.05) is 36.4 Å². The maximum atomic E-state index is 10.5. The Labute approximate surface area is 146 Å². The maximum Gasteiger partial charge on any atom is 0.146 e. The minimum absolute atomic E-state index is 0.247. The number of rotatable bonds is 1. The normalized spacial score (nSPS) is 15.4. The van der Waals surface area contributed by atoms with Crippen LogP contribution in [0.25, 0.3) is 16.3 Å². The van der Waals surface area contributed by atoms with Crippen LogP contribution < -0.4 is 4.74 Å². The number of benzene rings is 3. The molecule has 0 spiro atoms. The van der Waals surface area contributed by atoms with Crippen molar-refractivity contribution < 1.29 is 9.84 Å². The Morgan fingerprint density at radius 3 is 2.64 bits per heavy atom. The SMILES string of the molecule is Oc1cccc2ccc3c(c12)OC1=CCC=CC1=C3c1ccccc1. The zero-order valence-electron chi connectivity index (χ0n) is 13.6. The van der Waals surface area contributed by atoms with E-state index in [1.54, 1.807) is 6.07 Å². The number of aromatic hydroxyl groups is 1. The molecule has 2 heteroatoms. The van der Waals surface area contributed by atoms with Gasteiger partial charge in [-0.05, 0) is 35.6 Å². The number of allylic oxidation sites excluding steroid dienone is 3. The molecule has 0 aromatic heterocycles. The van der Waals surface area contributed by atoms with Gasteiger partial charge >= 0.3 is 0 Å². The van der Waals surface area contributed by atoms with Crippen LogP contribution in [0.1, 0.15) is 17.5 Å². The van der Waals surface area contributed by atoms with Crippen LogP contribution in [0.15, 0.2) is 90.2 Å². The molecule has 5 rings (SSSR count). The van der Waals surface area contributed by atoms with Crippen LogP contribution in [0, 0.1) is 0 Å². The zero-order valence-corrected chi connectivity index (χ0v) is 13.6. The topological polar surface area (TPSA) is 29.5 Å². The van der Waals surface area contributed by atoms with Crippen LogP contribution in [-0.2, 0) is 0 Å². The highest BCUT2D eigenvalue weighted by Crippen LogP contribution is 2.47. The Balaban J connectivity index is 1.90. The molecule has 0 bridgehead atoms. The van der Waals surface area contributed by atoms with E-state index in [0.29, 0.717) is 0 Å². The summed E-state index contributed by atoms with van der Waals surface area (Å²) >= 11 is 0. The van der Waals surface area contributed by atoms with Gasteiger partial charge in [0.15, 0.2) is 0 Å². The van der Waals surface area contributed by atoms with Crippen LogP contribution in [0.5, 0.6) is 11.5 Å². The molecule has 0 unspecified atom stereocenters. The number of phenols is 1. The molecule has 0 amide bonds. The Bertz CT molecular complexity index is 1090. The lowest BCUT2D eigenvalue weighted by molar-refractivity contribution is 0.430. The molecule has 0 fully saturated rings. The molecule has 1 heterocycles. The predicted octanol–water partition coefficient (Wildman–Crippen LogP) is 5.58. The number of ether oxygens (including phenoxy) is 1. The number of phenolic OH excluding ortho intramolecular Hbond substituents is 1.